The van der Waals surface area contributed by atoms with Crippen LogP contribution < -0.4 is 16.4 Å². The van der Waals surface area contributed by atoms with E-state index < -0.39 is 77.3 Å². The van der Waals surface area contributed by atoms with Crippen LogP contribution in [0.5, 0.6) is 0 Å². The Balaban J connectivity index is 1.62. The van der Waals surface area contributed by atoms with Gasteiger partial charge in [-0.05, 0) is 67.9 Å². The second kappa shape index (κ2) is 10.9. The Labute approximate surface area is 241 Å². The molecule has 0 radical (unpaired) electrons. The third kappa shape index (κ3) is 6.54. The van der Waals surface area contributed by atoms with Crippen molar-refractivity contribution in [1.82, 2.24) is 15.5 Å². The summed E-state index contributed by atoms with van der Waals surface area (Å²) in [6, 6.07) is 3.08. The minimum absolute atomic E-state index is 0.131. The number of ether oxygens (including phenoxy) is 1. The highest BCUT2D eigenvalue weighted by molar-refractivity contribution is 6.37. The molecule has 0 bridgehead atoms. The molecule has 42 heavy (non-hydrogen) atoms. The number of nitrogens with two attached hydrogens (primary N) is 1. The van der Waals surface area contributed by atoms with Crippen LogP contribution in [-0.2, 0) is 36.8 Å². The second-order valence-corrected chi connectivity index (χ2v) is 13.1. The molecule has 2 aliphatic carbocycles. The SMILES string of the molecule is CC(C)(C)OC(=O)N[C@H](C(=O)N1C[C@H]2[C@@H]([C@H]1C(=O)NC(CC(F)(F)F)C(=O)C(N)=O)C2(C)C)C1Cc2ccccc2C1. The molecule has 230 valence electrons. The summed E-state index contributed by atoms with van der Waals surface area (Å²) < 4.78 is 45.1. The van der Waals surface area contributed by atoms with Crippen molar-refractivity contribution in [3.63, 3.8) is 0 Å². The predicted octanol–water partition coefficient (Wildman–Crippen LogP) is 2.27. The normalized spacial score (nSPS) is 24.2. The Hall–Kier alpha value is -3.64. The largest absolute Gasteiger partial charge is 0.444 e. The van der Waals surface area contributed by atoms with Gasteiger partial charge in [0.15, 0.2) is 0 Å². The van der Waals surface area contributed by atoms with Crippen molar-refractivity contribution in [2.75, 3.05) is 6.54 Å². The number of rotatable bonds is 8. The van der Waals surface area contributed by atoms with Gasteiger partial charge in [-0.25, -0.2) is 4.79 Å². The van der Waals surface area contributed by atoms with E-state index in [1.54, 1.807) is 20.8 Å². The summed E-state index contributed by atoms with van der Waals surface area (Å²) in [4.78, 5) is 65.5. The van der Waals surface area contributed by atoms with Gasteiger partial charge >= 0.3 is 12.3 Å². The highest BCUT2D eigenvalue weighted by Gasteiger charge is 2.70. The van der Waals surface area contributed by atoms with Crippen LogP contribution in [0.2, 0.25) is 0 Å². The molecule has 1 saturated carbocycles. The first-order valence-corrected chi connectivity index (χ1v) is 13.9. The zero-order valence-corrected chi connectivity index (χ0v) is 24.2. The molecule has 4 rings (SSSR count). The van der Waals surface area contributed by atoms with Crippen LogP contribution in [0.1, 0.15) is 52.2 Å². The molecular formula is C29H37F3N4O6. The molecule has 1 aromatic rings. The van der Waals surface area contributed by atoms with E-state index in [9.17, 15) is 37.1 Å². The molecule has 2 fully saturated rings. The summed E-state index contributed by atoms with van der Waals surface area (Å²) in [6.45, 7) is 8.93. The van der Waals surface area contributed by atoms with Gasteiger partial charge in [-0.2, -0.15) is 13.2 Å². The van der Waals surface area contributed by atoms with Crippen LogP contribution in [0.4, 0.5) is 18.0 Å². The number of piperidine rings is 1. The number of alkyl halides is 3. The summed E-state index contributed by atoms with van der Waals surface area (Å²) in [5.41, 5.74) is 5.74. The summed E-state index contributed by atoms with van der Waals surface area (Å²) in [5, 5.41) is 4.75. The fourth-order valence-corrected chi connectivity index (χ4v) is 6.51. The topological polar surface area (TPSA) is 148 Å². The van der Waals surface area contributed by atoms with Gasteiger partial charge in [0.05, 0.1) is 6.42 Å². The van der Waals surface area contributed by atoms with E-state index in [4.69, 9.17) is 10.5 Å². The number of alkyl carbamates (subject to hydrolysis) is 1. The fourth-order valence-electron chi connectivity index (χ4n) is 6.51. The molecular weight excluding hydrogens is 557 g/mol. The van der Waals surface area contributed by atoms with Crippen LogP contribution in [0.3, 0.4) is 0 Å². The molecule has 0 spiro atoms. The average molecular weight is 595 g/mol. The molecule has 13 heteroatoms. The van der Waals surface area contributed by atoms with E-state index in [-0.39, 0.29) is 18.4 Å². The van der Waals surface area contributed by atoms with Gasteiger partial charge in [-0.15, -0.1) is 0 Å². The number of carbonyl (C=O) groups excluding carboxylic acids is 5. The van der Waals surface area contributed by atoms with E-state index in [2.05, 4.69) is 10.6 Å². The molecule has 4 N–H and O–H groups in total. The Kier molecular flexibility index (Phi) is 8.11. The quantitative estimate of drug-likeness (QED) is 0.394. The Morgan fingerprint density at radius 2 is 1.62 bits per heavy atom. The number of benzene rings is 1. The number of Topliss-reactive ketones (excluding diaryl/α,β-unsaturated/α-hetero) is 1. The number of halogens is 3. The number of fused-ring (bicyclic) bond motifs is 2. The number of hydrogen-bond donors (Lipinski definition) is 3. The molecule has 3 aliphatic rings. The first kappa shape index (κ1) is 31.3. The van der Waals surface area contributed by atoms with Crippen molar-refractivity contribution in [2.45, 2.75) is 83.8 Å². The standard InChI is InChI=1S/C29H37F3N4O6/c1-27(2,3)42-26(41)35-20(16-10-14-8-6-7-9-15(14)11-16)25(40)36-13-17-19(28(17,4)5)21(36)24(39)34-18(12-29(30,31)32)22(37)23(33)38/h6-9,16-21H,10-13H2,1-5H3,(H2,33,38)(H,34,39)(H,35,41)/t17-,18?,19-,20-,21-/m0/s1. The first-order chi connectivity index (χ1) is 19.3. The van der Waals surface area contributed by atoms with E-state index in [1.807, 2.05) is 38.1 Å². The summed E-state index contributed by atoms with van der Waals surface area (Å²) >= 11 is 0. The minimum atomic E-state index is -4.88. The molecule has 1 aromatic carbocycles. The van der Waals surface area contributed by atoms with Gasteiger partial charge in [0.2, 0.25) is 17.6 Å². The molecule has 1 saturated heterocycles. The van der Waals surface area contributed by atoms with Crippen LogP contribution in [0.25, 0.3) is 0 Å². The average Bonchev–Trinajstić information content (AvgIpc) is 3.23. The lowest BCUT2D eigenvalue weighted by atomic mass is 9.93. The molecule has 1 heterocycles. The number of likely N-dealkylation sites (tertiary alicyclic amines) is 1. The highest BCUT2D eigenvalue weighted by Crippen LogP contribution is 2.65. The number of hydrogen-bond acceptors (Lipinski definition) is 6. The lowest BCUT2D eigenvalue weighted by Crippen LogP contribution is -2.60. The summed E-state index contributed by atoms with van der Waals surface area (Å²) in [6.07, 6.45) is -6.53. The Morgan fingerprint density at radius 3 is 2.12 bits per heavy atom. The van der Waals surface area contributed by atoms with Gasteiger partial charge < -0.3 is 26.0 Å². The molecule has 4 amide bonds. The van der Waals surface area contributed by atoms with Crippen LogP contribution in [0, 0.1) is 23.2 Å². The van der Waals surface area contributed by atoms with Crippen molar-refractivity contribution in [1.29, 1.82) is 0 Å². The maximum Gasteiger partial charge on any atom is 0.408 e. The van der Waals surface area contributed by atoms with Gasteiger partial charge in [0.1, 0.15) is 23.7 Å². The lowest BCUT2D eigenvalue weighted by Gasteiger charge is -2.35. The monoisotopic (exact) mass is 594 g/mol. The number of carbonyl (C=O) groups is 5. The van der Waals surface area contributed by atoms with Crippen LogP contribution >= 0.6 is 0 Å². The molecule has 10 nitrogen and oxygen atoms in total. The zero-order chi connectivity index (χ0) is 31.4. The Morgan fingerprint density at radius 1 is 1.05 bits per heavy atom. The third-order valence-electron chi connectivity index (χ3n) is 8.56. The van der Waals surface area contributed by atoms with E-state index in [0.29, 0.717) is 12.8 Å². The van der Waals surface area contributed by atoms with E-state index in [1.165, 1.54) is 4.90 Å². The predicted molar refractivity (Wildman–Crippen MR) is 144 cm³/mol. The van der Waals surface area contributed by atoms with E-state index in [0.717, 1.165) is 11.1 Å². The molecule has 5 atom stereocenters. The van der Waals surface area contributed by atoms with E-state index >= 15 is 0 Å². The summed E-state index contributed by atoms with van der Waals surface area (Å²) in [5.74, 6) is -5.67. The number of ketones is 1. The van der Waals surface area contributed by atoms with Crippen molar-refractivity contribution in [2.24, 2.45) is 28.9 Å². The number of nitrogens with zero attached hydrogens (tertiary/aromatic N) is 1. The van der Waals surface area contributed by atoms with Crippen molar-refractivity contribution < 1.29 is 41.9 Å². The Bertz CT molecular complexity index is 1270. The maximum absolute atomic E-state index is 14.2. The fraction of sp³-hybridized carbons (Fsp3) is 0.621. The van der Waals surface area contributed by atoms with Gasteiger partial charge in [0.25, 0.3) is 5.91 Å². The van der Waals surface area contributed by atoms with Crippen LogP contribution in [0.15, 0.2) is 24.3 Å². The maximum atomic E-state index is 14.2. The zero-order valence-electron chi connectivity index (χ0n) is 24.2. The number of primary amides is 1. The lowest BCUT2D eigenvalue weighted by molar-refractivity contribution is -0.155. The second-order valence-electron chi connectivity index (χ2n) is 13.1. The third-order valence-corrected chi connectivity index (χ3v) is 8.56. The van der Waals surface area contributed by atoms with Crippen molar-refractivity contribution >= 4 is 29.6 Å². The molecule has 1 unspecified atom stereocenters. The van der Waals surface area contributed by atoms with Crippen LogP contribution in [-0.4, -0.2) is 70.9 Å². The highest BCUT2D eigenvalue weighted by atomic mass is 19.4. The smallest absolute Gasteiger partial charge is 0.408 e. The number of amides is 4. The molecule has 0 aromatic heterocycles. The first-order valence-electron chi connectivity index (χ1n) is 13.9. The van der Waals surface area contributed by atoms with Gasteiger partial charge in [-0.1, -0.05) is 38.1 Å². The van der Waals surface area contributed by atoms with Gasteiger partial charge in [0, 0.05) is 6.54 Å². The van der Waals surface area contributed by atoms with Gasteiger partial charge in [-0.3, -0.25) is 19.2 Å². The minimum Gasteiger partial charge on any atom is -0.444 e. The van der Waals surface area contributed by atoms with Crippen molar-refractivity contribution in [3.8, 4) is 0 Å². The summed E-state index contributed by atoms with van der Waals surface area (Å²) in [7, 11) is 0. The van der Waals surface area contributed by atoms with Crippen molar-refractivity contribution in [3.05, 3.63) is 35.4 Å². The number of nitrogens with one attached hydrogen (secondary N) is 2. The molecule has 1 aliphatic heterocycles.